The molecule has 0 aliphatic rings. The number of ether oxygens (including phenoxy) is 1. The third kappa shape index (κ3) is 3.97. The van der Waals surface area contributed by atoms with Gasteiger partial charge in [0.15, 0.2) is 5.82 Å². The van der Waals surface area contributed by atoms with Crippen LogP contribution in [0.2, 0.25) is 10.0 Å². The topological polar surface area (TPSA) is 79.9 Å². The minimum Gasteiger partial charge on any atom is -0.444 e. The van der Waals surface area contributed by atoms with E-state index in [2.05, 4.69) is 10.4 Å². The minimum absolute atomic E-state index is 0.102. The molecule has 26 heavy (non-hydrogen) atoms. The van der Waals surface area contributed by atoms with Crippen molar-refractivity contribution in [2.24, 2.45) is 0 Å². The predicted octanol–water partition coefficient (Wildman–Crippen LogP) is 4.80. The van der Waals surface area contributed by atoms with Crippen molar-refractivity contribution in [3.8, 4) is 11.8 Å². The van der Waals surface area contributed by atoms with Gasteiger partial charge in [0.1, 0.15) is 18.2 Å². The number of nitrogens with zero attached hydrogens (tertiary/aromatic N) is 3. The number of amides is 1. The number of halogens is 2. The van der Waals surface area contributed by atoms with Crippen molar-refractivity contribution in [3.63, 3.8) is 0 Å². The summed E-state index contributed by atoms with van der Waals surface area (Å²) in [5, 5.41) is 16.7. The maximum atomic E-state index is 12.1. The fourth-order valence-electron chi connectivity index (χ4n) is 2.24. The fourth-order valence-corrected chi connectivity index (χ4v) is 2.73. The normalized spacial score (nSPS) is 10.2. The molecule has 3 rings (SSSR count). The molecule has 0 aliphatic heterocycles. The summed E-state index contributed by atoms with van der Waals surface area (Å²) in [6.45, 7) is 0.102. The Morgan fingerprint density at radius 1 is 1.23 bits per heavy atom. The number of nitriles is 1. The van der Waals surface area contributed by atoms with Crippen molar-refractivity contribution in [2.45, 2.75) is 6.61 Å². The lowest BCUT2D eigenvalue weighted by Gasteiger charge is -2.11. The molecule has 0 unspecified atom stereocenters. The van der Waals surface area contributed by atoms with Crippen LogP contribution in [0.15, 0.2) is 54.7 Å². The van der Waals surface area contributed by atoms with Crippen LogP contribution >= 0.6 is 23.2 Å². The largest absolute Gasteiger partial charge is 0.444 e. The van der Waals surface area contributed by atoms with Crippen LogP contribution in [0.25, 0.3) is 5.69 Å². The van der Waals surface area contributed by atoms with E-state index in [1.54, 1.807) is 18.2 Å². The van der Waals surface area contributed by atoms with E-state index in [0.717, 1.165) is 5.56 Å². The van der Waals surface area contributed by atoms with E-state index in [1.807, 2.05) is 36.4 Å². The quantitative estimate of drug-likeness (QED) is 0.698. The molecule has 0 fully saturated rings. The summed E-state index contributed by atoms with van der Waals surface area (Å²) < 4.78 is 6.53. The van der Waals surface area contributed by atoms with Crippen LogP contribution in [-0.2, 0) is 11.3 Å². The number of benzene rings is 2. The Hall–Kier alpha value is -3.01. The second-order valence-electron chi connectivity index (χ2n) is 5.21. The number of hydrogen-bond donors (Lipinski definition) is 1. The Morgan fingerprint density at radius 2 is 2.00 bits per heavy atom. The smallest absolute Gasteiger partial charge is 0.413 e. The monoisotopic (exact) mass is 386 g/mol. The number of carbonyl (C=O) groups is 1. The molecule has 1 N–H and O–H groups in total. The molecule has 2 aromatic carbocycles. The summed E-state index contributed by atoms with van der Waals surface area (Å²) in [6, 6.07) is 16.0. The molecule has 3 aromatic rings. The van der Waals surface area contributed by atoms with Gasteiger partial charge in [-0.3, -0.25) is 5.32 Å². The van der Waals surface area contributed by atoms with Crippen LogP contribution in [0, 0.1) is 11.3 Å². The number of nitrogens with one attached hydrogen (secondary N) is 1. The van der Waals surface area contributed by atoms with Crippen molar-refractivity contribution >= 4 is 35.1 Å². The second-order valence-corrected chi connectivity index (χ2v) is 6.06. The first kappa shape index (κ1) is 17.8. The highest BCUT2D eigenvalue weighted by Gasteiger charge is 2.17. The minimum atomic E-state index is -0.711. The van der Waals surface area contributed by atoms with E-state index in [1.165, 1.54) is 10.9 Å². The van der Waals surface area contributed by atoms with Crippen molar-refractivity contribution in [3.05, 3.63) is 75.9 Å². The number of anilines is 1. The summed E-state index contributed by atoms with van der Waals surface area (Å²) >= 11 is 12.1. The molecule has 0 radical (unpaired) electrons. The molecule has 0 aliphatic carbocycles. The standard InChI is InChI=1S/C18H12Cl2N4O2/c19-14-6-7-16(15(20)8-14)24-17(13(9-21)10-22-24)23-18(25)26-11-12-4-2-1-3-5-12/h1-8,10H,11H2,(H,23,25). The van der Waals surface area contributed by atoms with Crippen LogP contribution < -0.4 is 5.32 Å². The van der Waals surface area contributed by atoms with Crippen LogP contribution in [0.3, 0.4) is 0 Å². The number of carbonyl (C=O) groups excluding carboxylic acids is 1. The SMILES string of the molecule is N#Cc1cnn(-c2ccc(Cl)cc2Cl)c1NC(=O)OCc1ccccc1. The van der Waals surface area contributed by atoms with Crippen LogP contribution in [0.1, 0.15) is 11.1 Å². The average Bonchev–Trinajstić information content (AvgIpc) is 3.03. The number of hydrogen-bond acceptors (Lipinski definition) is 4. The molecule has 0 spiro atoms. The summed E-state index contributed by atoms with van der Waals surface area (Å²) in [5.41, 5.74) is 1.49. The van der Waals surface area contributed by atoms with Gasteiger partial charge in [0.2, 0.25) is 0 Å². The lowest BCUT2D eigenvalue weighted by Crippen LogP contribution is -2.17. The fraction of sp³-hybridized carbons (Fsp3) is 0.0556. The Morgan fingerprint density at radius 3 is 2.69 bits per heavy atom. The lowest BCUT2D eigenvalue weighted by atomic mass is 10.2. The van der Waals surface area contributed by atoms with Gasteiger partial charge in [0.25, 0.3) is 0 Å². The van der Waals surface area contributed by atoms with Crippen molar-refractivity contribution in [1.82, 2.24) is 9.78 Å². The van der Waals surface area contributed by atoms with Gasteiger partial charge in [-0.2, -0.15) is 10.4 Å². The molecule has 8 heteroatoms. The van der Waals surface area contributed by atoms with Gasteiger partial charge in [0, 0.05) is 5.02 Å². The first-order valence-electron chi connectivity index (χ1n) is 7.49. The first-order valence-corrected chi connectivity index (χ1v) is 8.25. The second kappa shape index (κ2) is 7.91. The molecule has 0 saturated carbocycles. The van der Waals surface area contributed by atoms with Gasteiger partial charge in [0.05, 0.1) is 16.9 Å². The van der Waals surface area contributed by atoms with E-state index in [-0.39, 0.29) is 18.0 Å². The van der Waals surface area contributed by atoms with Crippen LogP contribution in [-0.4, -0.2) is 15.9 Å². The van der Waals surface area contributed by atoms with E-state index in [4.69, 9.17) is 27.9 Å². The molecule has 1 heterocycles. The molecule has 1 aromatic heterocycles. The molecule has 0 bridgehead atoms. The third-order valence-electron chi connectivity index (χ3n) is 3.46. The molecule has 1 amide bonds. The third-order valence-corrected chi connectivity index (χ3v) is 4.00. The van der Waals surface area contributed by atoms with Crippen molar-refractivity contribution in [2.75, 3.05) is 5.32 Å². The van der Waals surface area contributed by atoms with E-state index in [0.29, 0.717) is 15.7 Å². The molecule has 130 valence electrons. The van der Waals surface area contributed by atoms with E-state index >= 15 is 0 Å². The van der Waals surface area contributed by atoms with Crippen molar-refractivity contribution < 1.29 is 9.53 Å². The predicted molar refractivity (Wildman–Crippen MR) is 98.5 cm³/mol. The molecule has 0 atom stereocenters. The summed E-state index contributed by atoms with van der Waals surface area (Å²) in [7, 11) is 0. The summed E-state index contributed by atoms with van der Waals surface area (Å²) in [4.78, 5) is 12.1. The highest BCUT2D eigenvalue weighted by molar-refractivity contribution is 6.35. The van der Waals surface area contributed by atoms with Crippen LogP contribution in [0.4, 0.5) is 10.6 Å². The summed E-state index contributed by atoms with van der Waals surface area (Å²) in [5.74, 6) is 0.162. The average molecular weight is 387 g/mol. The van der Waals surface area contributed by atoms with Gasteiger partial charge in [-0.1, -0.05) is 53.5 Å². The van der Waals surface area contributed by atoms with Crippen LogP contribution in [0.5, 0.6) is 0 Å². The number of aromatic nitrogens is 2. The Labute approximate surface area is 159 Å². The molecule has 6 nitrogen and oxygen atoms in total. The lowest BCUT2D eigenvalue weighted by molar-refractivity contribution is 0.155. The van der Waals surface area contributed by atoms with Crippen molar-refractivity contribution in [1.29, 1.82) is 5.26 Å². The zero-order chi connectivity index (χ0) is 18.5. The number of rotatable bonds is 4. The first-order chi connectivity index (χ1) is 12.6. The maximum absolute atomic E-state index is 12.1. The molecular formula is C18H12Cl2N4O2. The molecular weight excluding hydrogens is 375 g/mol. The van der Waals surface area contributed by atoms with Gasteiger partial charge >= 0.3 is 6.09 Å². The summed E-state index contributed by atoms with van der Waals surface area (Å²) in [6.07, 6.45) is 0.620. The zero-order valence-corrected chi connectivity index (χ0v) is 14.8. The van der Waals surface area contributed by atoms with Gasteiger partial charge in [-0.25, -0.2) is 9.48 Å². The van der Waals surface area contributed by atoms with E-state index in [9.17, 15) is 10.1 Å². The maximum Gasteiger partial charge on any atom is 0.413 e. The zero-order valence-electron chi connectivity index (χ0n) is 13.3. The van der Waals surface area contributed by atoms with Gasteiger partial charge < -0.3 is 4.74 Å². The highest BCUT2D eigenvalue weighted by atomic mass is 35.5. The highest BCUT2D eigenvalue weighted by Crippen LogP contribution is 2.28. The molecule has 0 saturated heterocycles. The van der Waals surface area contributed by atoms with E-state index < -0.39 is 6.09 Å². The van der Waals surface area contributed by atoms with Gasteiger partial charge in [-0.05, 0) is 23.8 Å². The Bertz CT molecular complexity index is 981. The van der Waals surface area contributed by atoms with Gasteiger partial charge in [-0.15, -0.1) is 0 Å². The Kier molecular flexibility index (Phi) is 5.42. The Balaban J connectivity index is 1.82.